The van der Waals surface area contributed by atoms with Gasteiger partial charge in [-0.25, -0.2) is 0 Å². The van der Waals surface area contributed by atoms with Gasteiger partial charge >= 0.3 is 144 Å². The molecule has 0 aliphatic carbocycles. The zero-order chi connectivity index (χ0) is 16.0. The van der Waals surface area contributed by atoms with Crippen LogP contribution in [0.25, 0.3) is 6.08 Å². The van der Waals surface area contributed by atoms with Crippen molar-refractivity contribution in [3.63, 3.8) is 0 Å². The van der Waals surface area contributed by atoms with Gasteiger partial charge in [-0.15, -0.1) is 0 Å². The Balaban J connectivity index is 1.92. The van der Waals surface area contributed by atoms with Crippen molar-refractivity contribution in [2.24, 2.45) is 0 Å². The second kappa shape index (κ2) is 7.65. The van der Waals surface area contributed by atoms with Crippen molar-refractivity contribution in [2.75, 3.05) is 0 Å². The van der Waals surface area contributed by atoms with Crippen LogP contribution < -0.4 is 7.16 Å². The summed E-state index contributed by atoms with van der Waals surface area (Å²) < 4.78 is 4.30. The summed E-state index contributed by atoms with van der Waals surface area (Å²) in [5.74, 6) is 0. The maximum absolute atomic E-state index is 2.62. The minimum atomic E-state index is -2.62. The molecule has 1 heteroatoms. The van der Waals surface area contributed by atoms with Gasteiger partial charge in [-0.1, -0.05) is 0 Å². The Kier molecular flexibility index (Phi) is 5.34. The molecule has 0 aliphatic heterocycles. The fourth-order valence-electron chi connectivity index (χ4n) is 3.01. The third-order valence-electron chi connectivity index (χ3n) is 4.46. The molecule has 3 rings (SSSR count). The number of benzene rings is 3. The normalized spacial score (nSPS) is 11.7. The summed E-state index contributed by atoms with van der Waals surface area (Å²) in [5.41, 5.74) is 1.28. The molecule has 0 saturated carbocycles. The molecule has 0 N–H and O–H groups in total. The van der Waals surface area contributed by atoms with E-state index in [1.165, 1.54) is 10.0 Å². The summed E-state index contributed by atoms with van der Waals surface area (Å²) >= 11 is -2.62. The molecular formula is C22H22Sn. The van der Waals surface area contributed by atoms with Gasteiger partial charge in [0.25, 0.3) is 0 Å². The quantitative estimate of drug-likeness (QED) is 0.545. The molecule has 3 aromatic carbocycles. The van der Waals surface area contributed by atoms with Crippen LogP contribution in [0.3, 0.4) is 0 Å². The Bertz CT molecular complexity index is 706. The van der Waals surface area contributed by atoms with Crippen LogP contribution in [0.5, 0.6) is 0 Å². The van der Waals surface area contributed by atoms with Gasteiger partial charge in [0.05, 0.1) is 0 Å². The van der Waals surface area contributed by atoms with Crippen LogP contribution in [0, 0.1) is 0 Å². The van der Waals surface area contributed by atoms with Crippen molar-refractivity contribution < 1.29 is 0 Å². The standard InChI is InChI=1S/C9H9.2C6H5.CH3.Sn/c1-2-6-9-7-4-3-5-8-9;2*1-2-4-6-5-3-1;;/h2-8H,1H2;2*1-5H;1H3;/b6-2+;;;;. The van der Waals surface area contributed by atoms with E-state index in [1.54, 1.807) is 7.16 Å². The average molecular weight is 405 g/mol. The molecule has 0 radical (unpaired) electrons. The van der Waals surface area contributed by atoms with E-state index in [0.29, 0.717) is 0 Å². The van der Waals surface area contributed by atoms with Crippen LogP contribution in [0.1, 0.15) is 5.56 Å². The SMILES string of the molecule is [CH3][Sn]([CH2]/C=C/c1ccccc1)([c]1ccccc1)[c]1ccccc1. The zero-order valence-corrected chi connectivity index (χ0v) is 16.4. The van der Waals surface area contributed by atoms with Crippen LogP contribution >= 0.6 is 0 Å². The summed E-state index contributed by atoms with van der Waals surface area (Å²) in [5, 5.41) is 0. The molecule has 0 fully saturated rings. The Morgan fingerprint density at radius 2 is 1.09 bits per heavy atom. The van der Waals surface area contributed by atoms with Crippen molar-refractivity contribution in [3.8, 4) is 0 Å². The number of hydrogen-bond donors (Lipinski definition) is 0. The number of allylic oxidation sites excluding steroid dienone is 1. The monoisotopic (exact) mass is 406 g/mol. The summed E-state index contributed by atoms with van der Waals surface area (Å²) in [6, 6.07) is 32.8. The number of rotatable bonds is 5. The van der Waals surface area contributed by atoms with Crippen LogP contribution in [0.4, 0.5) is 0 Å². The van der Waals surface area contributed by atoms with Crippen molar-refractivity contribution >= 4 is 31.6 Å². The molecule has 0 aromatic heterocycles. The molecule has 23 heavy (non-hydrogen) atoms. The van der Waals surface area contributed by atoms with Crippen LogP contribution in [0.15, 0.2) is 97.1 Å². The Morgan fingerprint density at radius 1 is 0.652 bits per heavy atom. The zero-order valence-electron chi connectivity index (χ0n) is 13.5. The fourth-order valence-corrected chi connectivity index (χ4v) is 12.3. The van der Waals surface area contributed by atoms with E-state index in [9.17, 15) is 0 Å². The van der Waals surface area contributed by atoms with Crippen LogP contribution in [-0.4, -0.2) is 18.4 Å². The second-order valence-corrected chi connectivity index (χ2v) is 18.1. The first-order chi connectivity index (χ1) is 11.3. The van der Waals surface area contributed by atoms with Gasteiger partial charge in [0.1, 0.15) is 0 Å². The van der Waals surface area contributed by atoms with E-state index in [1.807, 2.05) is 0 Å². The van der Waals surface area contributed by atoms with Gasteiger partial charge in [-0.05, 0) is 0 Å². The van der Waals surface area contributed by atoms with Gasteiger partial charge < -0.3 is 0 Å². The second-order valence-electron chi connectivity index (χ2n) is 6.08. The third kappa shape index (κ3) is 3.94. The number of hydrogen-bond acceptors (Lipinski definition) is 0. The van der Waals surface area contributed by atoms with Crippen LogP contribution in [-0.2, 0) is 0 Å². The molecule has 0 bridgehead atoms. The van der Waals surface area contributed by atoms with E-state index in [4.69, 9.17) is 0 Å². The van der Waals surface area contributed by atoms with E-state index in [0.717, 1.165) is 0 Å². The molecule has 0 atom stereocenters. The van der Waals surface area contributed by atoms with Crippen LogP contribution in [0.2, 0.25) is 9.38 Å². The molecule has 114 valence electrons. The Hall–Kier alpha value is -1.80. The van der Waals surface area contributed by atoms with Gasteiger partial charge in [0.2, 0.25) is 0 Å². The minimum absolute atomic E-state index is 1.18. The molecular weight excluding hydrogens is 383 g/mol. The van der Waals surface area contributed by atoms with E-state index >= 15 is 0 Å². The summed E-state index contributed by atoms with van der Waals surface area (Å²) in [6.07, 6.45) is 4.65. The molecule has 0 spiro atoms. The van der Waals surface area contributed by atoms with Gasteiger partial charge in [0, 0.05) is 0 Å². The first-order valence-electron chi connectivity index (χ1n) is 8.12. The van der Waals surface area contributed by atoms with E-state index in [2.05, 4.69) is 108 Å². The molecule has 0 aliphatic rings. The van der Waals surface area contributed by atoms with Gasteiger partial charge in [0.15, 0.2) is 0 Å². The molecule has 0 saturated heterocycles. The maximum atomic E-state index is 2.54. The third-order valence-corrected chi connectivity index (χ3v) is 16.6. The fraction of sp³-hybridized carbons (Fsp3) is 0.0909. The molecule has 0 nitrogen and oxygen atoms in total. The van der Waals surface area contributed by atoms with E-state index in [-0.39, 0.29) is 0 Å². The summed E-state index contributed by atoms with van der Waals surface area (Å²) in [4.78, 5) is 2.54. The van der Waals surface area contributed by atoms with Crippen molar-refractivity contribution in [2.45, 2.75) is 9.38 Å². The van der Waals surface area contributed by atoms with Crippen molar-refractivity contribution in [1.29, 1.82) is 0 Å². The first-order valence-corrected chi connectivity index (χ1v) is 15.8. The van der Waals surface area contributed by atoms with Gasteiger partial charge in [-0.2, -0.15) is 0 Å². The van der Waals surface area contributed by atoms with E-state index < -0.39 is 18.4 Å². The summed E-state index contributed by atoms with van der Waals surface area (Å²) in [7, 11) is 0. The molecule has 0 amide bonds. The average Bonchev–Trinajstić information content (AvgIpc) is 2.64. The predicted octanol–water partition coefficient (Wildman–Crippen LogP) is 4.59. The molecule has 3 aromatic rings. The summed E-state index contributed by atoms with van der Waals surface area (Å²) in [6.45, 7) is 0. The van der Waals surface area contributed by atoms with Crippen molar-refractivity contribution in [3.05, 3.63) is 103 Å². The Labute approximate surface area is 143 Å². The van der Waals surface area contributed by atoms with Gasteiger partial charge in [-0.3, -0.25) is 0 Å². The molecule has 0 unspecified atom stereocenters. The molecule has 0 heterocycles. The van der Waals surface area contributed by atoms with Crippen molar-refractivity contribution in [1.82, 2.24) is 0 Å². The Morgan fingerprint density at radius 3 is 1.57 bits per heavy atom. The first kappa shape index (κ1) is 16.1. The predicted molar refractivity (Wildman–Crippen MR) is 104 cm³/mol. The topological polar surface area (TPSA) is 0 Å².